The quantitative estimate of drug-likeness (QED) is 0.752. The summed E-state index contributed by atoms with van der Waals surface area (Å²) in [6.45, 7) is 5.67. The minimum atomic E-state index is -0.137. The van der Waals surface area contributed by atoms with E-state index >= 15 is 0 Å². The molecule has 0 bridgehead atoms. The summed E-state index contributed by atoms with van der Waals surface area (Å²) >= 11 is 0. The molecule has 0 amide bonds. The van der Waals surface area contributed by atoms with Crippen molar-refractivity contribution < 1.29 is 4.39 Å². The molecule has 1 aliphatic heterocycles. The Morgan fingerprint density at radius 3 is 2.54 bits per heavy atom. The summed E-state index contributed by atoms with van der Waals surface area (Å²) in [5.41, 5.74) is 0.709. The largest absolute Gasteiger partial charge is 0.367 e. The van der Waals surface area contributed by atoms with Crippen LogP contribution >= 0.6 is 0 Å². The number of para-hydroxylation sites is 1. The third-order valence-corrected chi connectivity index (χ3v) is 6.25. The van der Waals surface area contributed by atoms with Gasteiger partial charge in [-0.15, -0.1) is 5.10 Å². The number of hydrogen-bond donors (Lipinski definition) is 0. The van der Waals surface area contributed by atoms with Gasteiger partial charge in [-0.1, -0.05) is 44.7 Å². The Morgan fingerprint density at radius 2 is 1.82 bits per heavy atom. The van der Waals surface area contributed by atoms with Crippen LogP contribution in [0.15, 0.2) is 24.3 Å². The van der Waals surface area contributed by atoms with Crippen molar-refractivity contribution in [3.8, 4) is 0 Å². The molecule has 2 fully saturated rings. The van der Waals surface area contributed by atoms with Crippen LogP contribution in [-0.4, -0.2) is 51.3 Å². The van der Waals surface area contributed by atoms with Gasteiger partial charge in [-0.2, -0.15) is 0 Å². The van der Waals surface area contributed by atoms with Gasteiger partial charge in [0.15, 0.2) is 5.82 Å². The van der Waals surface area contributed by atoms with Gasteiger partial charge in [0.2, 0.25) is 0 Å². The van der Waals surface area contributed by atoms with Crippen molar-refractivity contribution >= 4 is 5.69 Å². The minimum Gasteiger partial charge on any atom is -0.367 e. The second-order valence-corrected chi connectivity index (χ2v) is 8.05. The molecule has 4 rings (SSSR count). The molecule has 0 radical (unpaired) electrons. The van der Waals surface area contributed by atoms with Gasteiger partial charge in [0.05, 0.1) is 17.8 Å². The number of tetrazole rings is 1. The molecule has 0 N–H and O–H groups in total. The molecule has 1 unspecified atom stereocenters. The second-order valence-electron chi connectivity index (χ2n) is 8.05. The Kier molecular flexibility index (Phi) is 6.20. The molecule has 1 saturated heterocycles. The summed E-state index contributed by atoms with van der Waals surface area (Å²) in [7, 11) is 0. The monoisotopic (exact) mass is 386 g/mol. The van der Waals surface area contributed by atoms with Crippen LogP contribution in [0.1, 0.15) is 69.8 Å². The fourth-order valence-electron chi connectivity index (χ4n) is 4.74. The average molecular weight is 387 g/mol. The van der Waals surface area contributed by atoms with Gasteiger partial charge in [0, 0.05) is 26.2 Å². The highest BCUT2D eigenvalue weighted by atomic mass is 19.1. The number of piperazine rings is 1. The molecule has 6 nitrogen and oxygen atoms in total. The van der Waals surface area contributed by atoms with Crippen molar-refractivity contribution in [1.82, 2.24) is 25.1 Å². The minimum absolute atomic E-state index is 0.137. The first-order valence-corrected chi connectivity index (χ1v) is 10.8. The molecule has 1 aliphatic carbocycles. The van der Waals surface area contributed by atoms with Crippen molar-refractivity contribution in [2.24, 2.45) is 0 Å². The molecule has 152 valence electrons. The van der Waals surface area contributed by atoms with E-state index in [1.54, 1.807) is 12.1 Å². The van der Waals surface area contributed by atoms with E-state index in [1.807, 2.05) is 12.1 Å². The summed E-state index contributed by atoms with van der Waals surface area (Å²) in [6, 6.07) is 7.75. The lowest BCUT2D eigenvalue weighted by molar-refractivity contribution is 0.158. The Morgan fingerprint density at radius 1 is 1.07 bits per heavy atom. The number of nitrogens with zero attached hydrogens (tertiary/aromatic N) is 6. The van der Waals surface area contributed by atoms with Crippen molar-refractivity contribution in [3.05, 3.63) is 35.9 Å². The number of aromatic nitrogens is 4. The third-order valence-electron chi connectivity index (χ3n) is 6.25. The highest BCUT2D eigenvalue weighted by Crippen LogP contribution is 2.32. The summed E-state index contributed by atoms with van der Waals surface area (Å²) in [6.07, 6.45) is 8.36. The van der Waals surface area contributed by atoms with E-state index < -0.39 is 0 Å². The van der Waals surface area contributed by atoms with Crippen LogP contribution < -0.4 is 4.90 Å². The maximum absolute atomic E-state index is 14.1. The smallest absolute Gasteiger partial charge is 0.168 e. The third kappa shape index (κ3) is 4.04. The van der Waals surface area contributed by atoms with Gasteiger partial charge in [-0.05, 0) is 41.8 Å². The molecule has 2 heterocycles. The van der Waals surface area contributed by atoms with Crippen LogP contribution in [0.25, 0.3) is 0 Å². The maximum atomic E-state index is 14.1. The standard InChI is InChI=1S/C21H31FN6/c1-2-8-20(21-23-24-25-28(21)17-9-4-3-5-10-17)27-15-13-26(14-16-27)19-12-7-6-11-18(19)22/h6-7,11-12,17,20H,2-5,8-10,13-16H2,1H3. The zero-order valence-electron chi connectivity index (χ0n) is 16.8. The summed E-state index contributed by atoms with van der Waals surface area (Å²) in [4.78, 5) is 4.64. The van der Waals surface area contributed by atoms with Gasteiger partial charge in [0.1, 0.15) is 5.82 Å². The zero-order chi connectivity index (χ0) is 19.3. The van der Waals surface area contributed by atoms with E-state index in [0.29, 0.717) is 11.7 Å². The van der Waals surface area contributed by atoms with E-state index in [4.69, 9.17) is 0 Å². The Hall–Kier alpha value is -2.02. The normalized spacial score (nSPS) is 20.4. The number of hydrogen-bond acceptors (Lipinski definition) is 5. The number of halogens is 1. The lowest BCUT2D eigenvalue weighted by Crippen LogP contribution is -2.48. The van der Waals surface area contributed by atoms with Crippen molar-refractivity contribution in [1.29, 1.82) is 0 Å². The first-order chi connectivity index (χ1) is 13.8. The fraction of sp³-hybridized carbons (Fsp3) is 0.667. The molecular formula is C21H31FN6. The van der Waals surface area contributed by atoms with Crippen LogP contribution in [0.2, 0.25) is 0 Å². The maximum Gasteiger partial charge on any atom is 0.168 e. The molecule has 1 aromatic heterocycles. The summed E-state index contributed by atoms with van der Waals surface area (Å²) in [5.74, 6) is 0.885. The second kappa shape index (κ2) is 8.99. The molecule has 0 spiro atoms. The topological polar surface area (TPSA) is 50.1 Å². The number of benzene rings is 1. The Labute approximate surface area is 166 Å². The first-order valence-electron chi connectivity index (χ1n) is 10.8. The van der Waals surface area contributed by atoms with E-state index in [-0.39, 0.29) is 11.9 Å². The van der Waals surface area contributed by atoms with Crippen LogP contribution in [0, 0.1) is 5.82 Å². The van der Waals surface area contributed by atoms with Crippen molar-refractivity contribution in [2.75, 3.05) is 31.1 Å². The summed E-state index contributed by atoms with van der Waals surface area (Å²) in [5, 5.41) is 12.9. The lowest BCUT2D eigenvalue weighted by Gasteiger charge is -2.40. The first kappa shape index (κ1) is 19.3. The predicted octanol–water partition coefficient (Wildman–Crippen LogP) is 3.98. The van der Waals surface area contributed by atoms with E-state index in [9.17, 15) is 4.39 Å². The van der Waals surface area contributed by atoms with Gasteiger partial charge in [0.25, 0.3) is 0 Å². The Bertz CT molecular complexity index is 749. The highest BCUT2D eigenvalue weighted by molar-refractivity contribution is 5.48. The van der Waals surface area contributed by atoms with Gasteiger partial charge < -0.3 is 4.90 Å². The number of rotatable bonds is 6. The van der Waals surface area contributed by atoms with Crippen LogP contribution in [-0.2, 0) is 0 Å². The molecule has 1 atom stereocenters. The molecule has 2 aliphatic rings. The van der Waals surface area contributed by atoms with E-state index in [2.05, 4.69) is 36.9 Å². The highest BCUT2D eigenvalue weighted by Gasteiger charge is 2.31. The predicted molar refractivity (Wildman–Crippen MR) is 108 cm³/mol. The van der Waals surface area contributed by atoms with Crippen molar-refractivity contribution in [3.63, 3.8) is 0 Å². The van der Waals surface area contributed by atoms with Crippen LogP contribution in [0.5, 0.6) is 0 Å². The fourth-order valence-corrected chi connectivity index (χ4v) is 4.74. The van der Waals surface area contributed by atoms with Gasteiger partial charge >= 0.3 is 0 Å². The molecule has 2 aromatic rings. The van der Waals surface area contributed by atoms with Crippen LogP contribution in [0.3, 0.4) is 0 Å². The molecule has 1 saturated carbocycles. The molecule has 28 heavy (non-hydrogen) atoms. The number of anilines is 1. The average Bonchev–Trinajstić information content (AvgIpc) is 3.23. The zero-order valence-corrected chi connectivity index (χ0v) is 16.8. The SMILES string of the molecule is CCCC(c1nnnn1C1CCCCC1)N1CCN(c2ccccc2F)CC1. The van der Waals surface area contributed by atoms with Crippen molar-refractivity contribution in [2.45, 2.75) is 64.0 Å². The molecule has 7 heteroatoms. The summed E-state index contributed by atoms with van der Waals surface area (Å²) < 4.78 is 16.3. The van der Waals surface area contributed by atoms with Gasteiger partial charge in [-0.25, -0.2) is 9.07 Å². The molecule has 1 aromatic carbocycles. The Balaban J connectivity index is 1.48. The lowest BCUT2D eigenvalue weighted by atomic mass is 9.95. The molecular weight excluding hydrogens is 355 g/mol. The van der Waals surface area contributed by atoms with E-state index in [1.165, 1.54) is 32.1 Å². The van der Waals surface area contributed by atoms with Gasteiger partial charge in [-0.3, -0.25) is 4.90 Å². The van der Waals surface area contributed by atoms with Crippen LogP contribution in [0.4, 0.5) is 10.1 Å². The van der Waals surface area contributed by atoms with E-state index in [0.717, 1.165) is 44.8 Å².